The molecule has 0 saturated carbocycles. The van der Waals surface area contributed by atoms with E-state index in [0.717, 1.165) is 13.8 Å². The maximum Gasteiger partial charge on any atom is 0.217 e. The Labute approximate surface area is 585 Å². The zero-order chi connectivity index (χ0) is 76.2. The van der Waals surface area contributed by atoms with Gasteiger partial charge in [0.05, 0.1) is 64.6 Å². The number of nitrogens with one attached hydrogen (secondary N) is 2. The molecule has 8 heterocycles. The summed E-state index contributed by atoms with van der Waals surface area (Å²) in [4.78, 5) is 26.9. The SMILES string of the molecule is CC(=O)N[C@H]1[C@H](OC[C@H]2O[C@@H](O[C@@H]([C@H](O)[C@@H](O)CO)[C@H](O)CO)[C@H](O)[C@@H](O[C@@H]3O[C@H](CO)[C@@H](O[C@@H]4O[C@H](CO)[C@H](O)[C@H](O)[C@H]4O[C@@H]4O[C@@H](C)[C@@H](O)[C@@H](O)[C@@H]4O)[C@H](O[C@@H]4O[C@@H](C)[C@@H](O)[C@@H](O)[C@@H]4O)[C@H]3NC(C)=O)[C@H]2O)O[C@H](CO)[C@@H](O[C@@H]2O[C@H](CO)[C@H](O)[C@H](O)[C@H]2O)[C@@H]1O[C@@H]1O[C@@H](C)[C@@H](O)[C@@H](O)[C@@H]1O. The summed E-state index contributed by atoms with van der Waals surface area (Å²) in [6, 6.07) is -3.99. The molecule has 8 aliphatic rings. The number of carbonyl (C=O) groups is 2. The molecule has 600 valence electrons. The second-order valence-corrected chi connectivity index (χ2v) is 26.4. The van der Waals surface area contributed by atoms with Gasteiger partial charge in [0.2, 0.25) is 11.8 Å². The van der Waals surface area contributed by atoms with Crippen LogP contribution >= 0.6 is 0 Å². The van der Waals surface area contributed by atoms with E-state index < -0.39 is 328 Å². The van der Waals surface area contributed by atoms with Gasteiger partial charge >= 0.3 is 0 Å². The minimum absolute atomic E-state index is 0.907. The molecule has 0 aromatic heterocycles. The molecule has 0 spiro atoms. The predicted molar refractivity (Wildman–Crippen MR) is 318 cm³/mol. The zero-order valence-corrected chi connectivity index (χ0v) is 55.9. The predicted octanol–water partition coefficient (Wildman–Crippen LogP) is -17.6. The van der Waals surface area contributed by atoms with Gasteiger partial charge in [-0.1, -0.05) is 0 Å². The van der Waals surface area contributed by atoms with E-state index in [2.05, 4.69) is 10.6 Å². The Bertz CT molecular complexity index is 2610. The van der Waals surface area contributed by atoms with Crippen LogP contribution in [0.3, 0.4) is 0 Å². The minimum Gasteiger partial charge on any atom is -0.394 e. The number of aliphatic hydroxyl groups excluding tert-OH is 25. The summed E-state index contributed by atoms with van der Waals surface area (Å²) in [6.45, 7) is -2.52. The number of ether oxygens (including phenoxy) is 16. The van der Waals surface area contributed by atoms with E-state index in [0.29, 0.717) is 0 Å². The molecule has 0 aromatic rings. The van der Waals surface area contributed by atoms with Crippen LogP contribution in [0, 0.1) is 0 Å². The first-order valence-corrected chi connectivity index (χ1v) is 33.1. The smallest absolute Gasteiger partial charge is 0.217 e. The Morgan fingerprint density at radius 2 is 0.670 bits per heavy atom. The average molecular weight is 1510 g/mol. The molecule has 45 heteroatoms. The second kappa shape index (κ2) is 37.3. The number of hydrogen-bond donors (Lipinski definition) is 27. The largest absolute Gasteiger partial charge is 0.394 e. The lowest BCUT2D eigenvalue weighted by Gasteiger charge is -2.52. The molecule has 44 atom stereocenters. The summed E-state index contributed by atoms with van der Waals surface area (Å²) >= 11 is 0. The summed E-state index contributed by atoms with van der Waals surface area (Å²) < 4.78 is 96.2. The third kappa shape index (κ3) is 19.0. The highest BCUT2D eigenvalue weighted by Crippen LogP contribution is 2.40. The van der Waals surface area contributed by atoms with Crippen molar-refractivity contribution in [2.24, 2.45) is 0 Å². The molecule has 0 bridgehead atoms. The lowest BCUT2D eigenvalue weighted by molar-refractivity contribution is -0.400. The van der Waals surface area contributed by atoms with Gasteiger partial charge in [-0.05, 0) is 20.8 Å². The molecule has 8 aliphatic heterocycles. The maximum atomic E-state index is 13.6. The molecular weight excluding hydrogens is 1410 g/mol. The molecule has 45 nitrogen and oxygen atoms in total. The van der Waals surface area contributed by atoms with Gasteiger partial charge in [-0.3, -0.25) is 9.59 Å². The second-order valence-electron chi connectivity index (χ2n) is 26.4. The van der Waals surface area contributed by atoms with Crippen molar-refractivity contribution in [2.75, 3.05) is 46.2 Å². The van der Waals surface area contributed by atoms with Gasteiger partial charge in [-0.25, -0.2) is 0 Å². The summed E-state index contributed by atoms with van der Waals surface area (Å²) in [6.07, 6.45) is -85.6. The first-order chi connectivity index (χ1) is 48.6. The third-order valence-electron chi connectivity index (χ3n) is 19.1. The van der Waals surface area contributed by atoms with Crippen molar-refractivity contribution < 1.29 is 213 Å². The van der Waals surface area contributed by atoms with Crippen LogP contribution in [0.4, 0.5) is 0 Å². The minimum atomic E-state index is -2.55. The van der Waals surface area contributed by atoms with Gasteiger partial charge < -0.3 is 214 Å². The Hall–Kier alpha value is -2.70. The van der Waals surface area contributed by atoms with Gasteiger partial charge in [0, 0.05) is 13.8 Å². The molecule has 2 amide bonds. The molecule has 0 radical (unpaired) electrons. The summed E-state index contributed by atoms with van der Waals surface area (Å²) in [5, 5.41) is 279. The van der Waals surface area contributed by atoms with E-state index in [1.165, 1.54) is 20.8 Å². The first-order valence-electron chi connectivity index (χ1n) is 33.1. The molecule has 8 saturated heterocycles. The van der Waals surface area contributed by atoms with Crippen LogP contribution in [0.5, 0.6) is 0 Å². The van der Waals surface area contributed by atoms with E-state index >= 15 is 0 Å². The van der Waals surface area contributed by atoms with Crippen LogP contribution < -0.4 is 10.6 Å². The molecule has 27 N–H and O–H groups in total. The number of hydrogen-bond acceptors (Lipinski definition) is 43. The van der Waals surface area contributed by atoms with Gasteiger partial charge in [-0.15, -0.1) is 0 Å². The standard InChI is InChI=1S/C58H100N2O43/c1-13-27(71)34(78)39(83)53(89-13)100-47-25(59-16(4)67)51(94-22(10-65)45(47)98-56-42(86)37(81)31(75)20(8-63)92-56)88-12-24-33(77)49(43(87)57(96-24)97-44(19(70)7-62)30(74)18(69)6-61)102-52-26(60-17(5)68)48(101-54-40(84)35(79)28(72)14(2)90-54)46(23(11-66)95-52)99-58-50(38(82)32(76)21(9-64)93-58)103-55-41(85)36(80)29(73)15(3)91-55/h13-15,18-58,61-66,69-87H,6-12H2,1-5H3,(H,59,67)(H,60,68)/t13-,14-,15-,18-,19+,20+,21+,22+,23+,24+,25+,26+,27+,28+,29+,30+,31-,32-,33-,34+,35+,36+,37-,38-,39-,40-,41-,42+,43+,44+,45+,46+,47+,48+,49-,50+,51+,52-,53-,54-,55-,56-,57-,58-/m0/s1. The molecule has 0 unspecified atom stereocenters. The van der Waals surface area contributed by atoms with Gasteiger partial charge in [0.25, 0.3) is 0 Å². The van der Waals surface area contributed by atoms with Crippen LogP contribution in [-0.4, -0.2) is 456 Å². The highest BCUT2D eigenvalue weighted by molar-refractivity contribution is 5.73. The van der Waals surface area contributed by atoms with Gasteiger partial charge in [-0.2, -0.15) is 0 Å². The number of carbonyl (C=O) groups excluding carboxylic acids is 2. The fraction of sp³-hybridized carbons (Fsp3) is 0.966. The quantitative estimate of drug-likeness (QED) is 0.0346. The van der Waals surface area contributed by atoms with Gasteiger partial charge in [0.1, 0.15) is 201 Å². The van der Waals surface area contributed by atoms with E-state index in [1.807, 2.05) is 0 Å². The van der Waals surface area contributed by atoms with Crippen molar-refractivity contribution in [1.29, 1.82) is 0 Å². The first kappa shape index (κ1) is 85.9. The highest BCUT2D eigenvalue weighted by Gasteiger charge is 2.61. The normalized spacial score (nSPS) is 49.1. The molecule has 103 heavy (non-hydrogen) atoms. The van der Waals surface area contributed by atoms with Crippen molar-refractivity contribution in [2.45, 2.75) is 305 Å². The lowest BCUT2D eigenvalue weighted by Crippen LogP contribution is -2.71. The lowest BCUT2D eigenvalue weighted by atomic mass is 9.93. The summed E-state index contributed by atoms with van der Waals surface area (Å²) in [5.74, 6) is -1.98. The third-order valence-corrected chi connectivity index (χ3v) is 19.1. The molecule has 0 aromatic carbocycles. The maximum absolute atomic E-state index is 13.6. The van der Waals surface area contributed by atoms with Crippen LogP contribution in [0.25, 0.3) is 0 Å². The fourth-order valence-electron chi connectivity index (χ4n) is 13.1. The van der Waals surface area contributed by atoms with Crippen LogP contribution in [0.15, 0.2) is 0 Å². The van der Waals surface area contributed by atoms with Crippen molar-refractivity contribution in [3.05, 3.63) is 0 Å². The number of aliphatic hydroxyl groups is 25. The number of rotatable bonds is 28. The Balaban J connectivity index is 1.19. The summed E-state index contributed by atoms with van der Waals surface area (Å²) in [7, 11) is 0. The van der Waals surface area contributed by atoms with E-state index in [1.54, 1.807) is 0 Å². The molecule has 0 aliphatic carbocycles. The monoisotopic (exact) mass is 1510 g/mol. The Kier molecular flexibility index (Phi) is 31.1. The zero-order valence-electron chi connectivity index (χ0n) is 55.9. The van der Waals surface area contributed by atoms with Crippen molar-refractivity contribution in [3.8, 4) is 0 Å². The van der Waals surface area contributed by atoms with Gasteiger partial charge in [0.15, 0.2) is 50.3 Å². The Morgan fingerprint density at radius 1 is 0.330 bits per heavy atom. The van der Waals surface area contributed by atoms with Crippen molar-refractivity contribution in [3.63, 3.8) is 0 Å². The number of amides is 2. The fourth-order valence-corrected chi connectivity index (χ4v) is 13.1. The van der Waals surface area contributed by atoms with E-state index in [-0.39, 0.29) is 0 Å². The van der Waals surface area contributed by atoms with Crippen LogP contribution in [0.1, 0.15) is 34.6 Å². The van der Waals surface area contributed by atoms with Crippen LogP contribution in [-0.2, 0) is 85.4 Å². The van der Waals surface area contributed by atoms with E-state index in [9.17, 15) is 137 Å². The van der Waals surface area contributed by atoms with Crippen LogP contribution in [0.2, 0.25) is 0 Å². The van der Waals surface area contributed by atoms with E-state index in [4.69, 9.17) is 75.8 Å². The molecule has 8 rings (SSSR count). The highest BCUT2D eigenvalue weighted by atomic mass is 16.8. The molecule has 8 fully saturated rings. The summed E-state index contributed by atoms with van der Waals surface area (Å²) in [5.41, 5.74) is 0. The topological polar surface area (TPSA) is 712 Å². The Morgan fingerprint density at radius 3 is 1.10 bits per heavy atom. The van der Waals surface area contributed by atoms with Crippen molar-refractivity contribution >= 4 is 11.8 Å². The molecular formula is C58H100N2O43. The average Bonchev–Trinajstić information content (AvgIpc) is 0.764. The van der Waals surface area contributed by atoms with Crippen molar-refractivity contribution in [1.82, 2.24) is 10.6 Å².